The van der Waals surface area contributed by atoms with E-state index in [-0.39, 0.29) is 5.78 Å². The quantitative estimate of drug-likeness (QED) is 0.752. The van der Waals surface area contributed by atoms with E-state index in [0.717, 1.165) is 15.8 Å². The molecule has 0 aliphatic carbocycles. The van der Waals surface area contributed by atoms with Gasteiger partial charge < -0.3 is 4.74 Å². The minimum atomic E-state index is 0.126. The molecular formula is C16H15BrO2. The molecule has 0 atom stereocenters. The highest BCUT2D eigenvalue weighted by atomic mass is 79.9. The first kappa shape index (κ1) is 13.8. The van der Waals surface area contributed by atoms with E-state index in [1.807, 2.05) is 49.4 Å². The Balaban J connectivity index is 2.06. The highest BCUT2D eigenvalue weighted by molar-refractivity contribution is 9.10. The van der Waals surface area contributed by atoms with Crippen LogP contribution < -0.4 is 4.74 Å². The summed E-state index contributed by atoms with van der Waals surface area (Å²) >= 11 is 3.41. The molecule has 0 heterocycles. The number of ether oxygens (including phenoxy) is 1. The van der Waals surface area contributed by atoms with E-state index in [4.69, 9.17) is 4.74 Å². The third kappa shape index (κ3) is 3.67. The van der Waals surface area contributed by atoms with Gasteiger partial charge in [0.2, 0.25) is 0 Å². The summed E-state index contributed by atoms with van der Waals surface area (Å²) < 4.78 is 6.48. The molecule has 0 amide bonds. The van der Waals surface area contributed by atoms with E-state index in [9.17, 15) is 4.79 Å². The summed E-state index contributed by atoms with van der Waals surface area (Å²) in [5.41, 5.74) is 1.82. The number of rotatable bonds is 5. The number of benzene rings is 2. The molecule has 0 aliphatic rings. The molecule has 0 aromatic heterocycles. The molecule has 0 saturated carbocycles. The van der Waals surface area contributed by atoms with Crippen LogP contribution in [0.5, 0.6) is 5.75 Å². The number of Topliss-reactive ketones (excluding diaryl/α,β-unsaturated/α-hetero) is 1. The van der Waals surface area contributed by atoms with Crippen molar-refractivity contribution in [1.29, 1.82) is 0 Å². The predicted molar refractivity (Wildman–Crippen MR) is 79.5 cm³/mol. The van der Waals surface area contributed by atoms with E-state index in [1.165, 1.54) is 0 Å². The van der Waals surface area contributed by atoms with Crippen LogP contribution in [0.3, 0.4) is 0 Å². The van der Waals surface area contributed by atoms with Crippen LogP contribution in [0.4, 0.5) is 0 Å². The van der Waals surface area contributed by atoms with Crippen LogP contribution >= 0.6 is 15.9 Å². The van der Waals surface area contributed by atoms with Crippen molar-refractivity contribution in [2.45, 2.75) is 20.0 Å². The van der Waals surface area contributed by atoms with Crippen LogP contribution in [0, 0.1) is 0 Å². The topological polar surface area (TPSA) is 26.3 Å². The Morgan fingerprint density at radius 2 is 1.89 bits per heavy atom. The number of carbonyl (C=O) groups is 1. The minimum absolute atomic E-state index is 0.126. The molecule has 0 spiro atoms. The Hall–Kier alpha value is -1.61. The number of hydrogen-bond acceptors (Lipinski definition) is 2. The van der Waals surface area contributed by atoms with Crippen molar-refractivity contribution in [2.24, 2.45) is 0 Å². The lowest BCUT2D eigenvalue weighted by molar-refractivity contribution is 0.0987. The third-order valence-corrected chi connectivity index (χ3v) is 3.47. The second kappa shape index (κ2) is 6.53. The van der Waals surface area contributed by atoms with E-state index < -0.39 is 0 Å². The van der Waals surface area contributed by atoms with Gasteiger partial charge in [0, 0.05) is 16.5 Å². The highest BCUT2D eigenvalue weighted by Crippen LogP contribution is 2.24. The van der Waals surface area contributed by atoms with Crippen molar-refractivity contribution >= 4 is 21.7 Å². The molecule has 0 unspecified atom stereocenters. The van der Waals surface area contributed by atoms with E-state index in [1.54, 1.807) is 6.07 Å². The van der Waals surface area contributed by atoms with Gasteiger partial charge in [0.25, 0.3) is 0 Å². The summed E-state index contributed by atoms with van der Waals surface area (Å²) in [6.07, 6.45) is 0.503. The molecule has 2 aromatic rings. The molecule has 2 aromatic carbocycles. The molecule has 0 aliphatic heterocycles. The first-order valence-electron chi connectivity index (χ1n) is 6.20. The Morgan fingerprint density at radius 1 is 1.16 bits per heavy atom. The maximum Gasteiger partial charge on any atom is 0.163 e. The van der Waals surface area contributed by atoms with Gasteiger partial charge in [0.1, 0.15) is 12.4 Å². The predicted octanol–water partition coefficient (Wildman–Crippen LogP) is 4.62. The lowest BCUT2D eigenvalue weighted by Gasteiger charge is -2.08. The molecule has 0 radical (unpaired) electrons. The fourth-order valence-electron chi connectivity index (χ4n) is 1.74. The van der Waals surface area contributed by atoms with E-state index in [2.05, 4.69) is 15.9 Å². The average Bonchev–Trinajstić information content (AvgIpc) is 2.45. The average molecular weight is 319 g/mol. The normalized spacial score (nSPS) is 10.2. The second-order valence-electron chi connectivity index (χ2n) is 4.19. The van der Waals surface area contributed by atoms with Crippen LogP contribution in [-0.2, 0) is 6.61 Å². The van der Waals surface area contributed by atoms with Crippen LogP contribution in [0.1, 0.15) is 29.3 Å². The number of halogens is 1. The largest absolute Gasteiger partial charge is 0.489 e. The summed E-state index contributed by atoms with van der Waals surface area (Å²) in [5.74, 6) is 0.880. The molecule has 19 heavy (non-hydrogen) atoms. The zero-order valence-corrected chi connectivity index (χ0v) is 12.3. The van der Waals surface area contributed by atoms with Crippen LogP contribution in [0.25, 0.3) is 0 Å². The molecule has 0 saturated heterocycles. The van der Waals surface area contributed by atoms with E-state index >= 15 is 0 Å². The molecule has 2 nitrogen and oxygen atoms in total. The van der Waals surface area contributed by atoms with Crippen molar-refractivity contribution in [1.82, 2.24) is 0 Å². The van der Waals surface area contributed by atoms with Gasteiger partial charge >= 0.3 is 0 Å². The summed E-state index contributed by atoms with van der Waals surface area (Å²) in [7, 11) is 0. The summed E-state index contributed by atoms with van der Waals surface area (Å²) in [5, 5.41) is 0. The standard InChI is InChI=1S/C16H15BrO2/c1-2-16(18)14-9-8-13(10-15(14)17)19-11-12-6-4-3-5-7-12/h3-10H,2,11H2,1H3. The molecule has 0 bridgehead atoms. The highest BCUT2D eigenvalue weighted by Gasteiger charge is 2.08. The number of ketones is 1. The van der Waals surface area contributed by atoms with E-state index in [0.29, 0.717) is 18.6 Å². The summed E-state index contributed by atoms with van der Waals surface area (Å²) in [6, 6.07) is 15.5. The maximum absolute atomic E-state index is 11.7. The Bertz CT molecular complexity index is 564. The molecule has 0 fully saturated rings. The molecule has 2 rings (SSSR count). The summed E-state index contributed by atoms with van der Waals surface area (Å²) in [4.78, 5) is 11.7. The van der Waals surface area contributed by atoms with Crippen molar-refractivity contribution in [3.63, 3.8) is 0 Å². The van der Waals surface area contributed by atoms with Gasteiger partial charge in [-0.25, -0.2) is 0 Å². The monoisotopic (exact) mass is 318 g/mol. The molecule has 3 heteroatoms. The van der Waals surface area contributed by atoms with Crippen LogP contribution in [0.15, 0.2) is 53.0 Å². The van der Waals surface area contributed by atoms with Crippen LogP contribution in [-0.4, -0.2) is 5.78 Å². The number of hydrogen-bond donors (Lipinski definition) is 0. The van der Waals surface area contributed by atoms with Crippen molar-refractivity contribution in [3.8, 4) is 5.75 Å². The number of carbonyl (C=O) groups excluding carboxylic acids is 1. The van der Waals surface area contributed by atoms with Crippen molar-refractivity contribution < 1.29 is 9.53 Å². The lowest BCUT2D eigenvalue weighted by atomic mass is 10.1. The van der Waals surface area contributed by atoms with Gasteiger partial charge in [0.15, 0.2) is 5.78 Å². The van der Waals surface area contributed by atoms with Gasteiger partial charge in [-0.1, -0.05) is 37.3 Å². The Morgan fingerprint density at radius 3 is 2.53 bits per heavy atom. The Kier molecular flexibility index (Phi) is 4.74. The first-order valence-corrected chi connectivity index (χ1v) is 6.99. The van der Waals surface area contributed by atoms with Gasteiger partial charge in [-0.2, -0.15) is 0 Å². The Labute approximate surface area is 121 Å². The van der Waals surface area contributed by atoms with Crippen molar-refractivity contribution in [3.05, 3.63) is 64.1 Å². The smallest absolute Gasteiger partial charge is 0.163 e. The van der Waals surface area contributed by atoms with Crippen molar-refractivity contribution in [2.75, 3.05) is 0 Å². The fraction of sp³-hybridized carbons (Fsp3) is 0.188. The van der Waals surface area contributed by atoms with Gasteiger partial charge in [-0.3, -0.25) is 4.79 Å². The zero-order chi connectivity index (χ0) is 13.7. The minimum Gasteiger partial charge on any atom is -0.489 e. The maximum atomic E-state index is 11.7. The molecule has 0 N–H and O–H groups in total. The van der Waals surface area contributed by atoms with Crippen LogP contribution in [0.2, 0.25) is 0 Å². The lowest BCUT2D eigenvalue weighted by Crippen LogP contribution is -1.99. The van der Waals surface area contributed by atoms with Gasteiger partial charge in [-0.05, 0) is 39.7 Å². The SMILES string of the molecule is CCC(=O)c1ccc(OCc2ccccc2)cc1Br. The fourth-order valence-corrected chi connectivity index (χ4v) is 2.32. The molecule has 98 valence electrons. The second-order valence-corrected chi connectivity index (χ2v) is 5.05. The first-order chi connectivity index (χ1) is 9.20. The third-order valence-electron chi connectivity index (χ3n) is 2.81. The zero-order valence-electron chi connectivity index (χ0n) is 10.7. The van der Waals surface area contributed by atoms with Gasteiger partial charge in [0.05, 0.1) is 0 Å². The summed E-state index contributed by atoms with van der Waals surface area (Å²) in [6.45, 7) is 2.38. The molecular weight excluding hydrogens is 304 g/mol. The van der Waals surface area contributed by atoms with Gasteiger partial charge in [-0.15, -0.1) is 0 Å².